The van der Waals surface area contributed by atoms with Crippen molar-refractivity contribution in [2.45, 2.75) is 109 Å². The number of esters is 1. The summed E-state index contributed by atoms with van der Waals surface area (Å²) in [5.41, 5.74) is -1.88. The Bertz CT molecular complexity index is 1110. The van der Waals surface area contributed by atoms with Gasteiger partial charge in [-0.1, -0.05) is 45.1 Å². The van der Waals surface area contributed by atoms with Gasteiger partial charge in [0.1, 0.15) is 23.7 Å². The number of nitrogens with one attached hydrogen (secondary N) is 1. The summed E-state index contributed by atoms with van der Waals surface area (Å²) in [7, 11) is 0. The quantitative estimate of drug-likeness (QED) is 0.267. The molecule has 3 amide bonds. The summed E-state index contributed by atoms with van der Waals surface area (Å²) in [6.45, 7) is 13.2. The number of fused-ring (bicyclic) bond motifs is 2. The van der Waals surface area contributed by atoms with Gasteiger partial charge in [-0.2, -0.15) is 0 Å². The van der Waals surface area contributed by atoms with Crippen LogP contribution in [0.25, 0.3) is 0 Å². The number of amides is 3. The number of likely N-dealkylation sites (tertiary alicyclic amines) is 1. The SMILES string of the molecule is C[C@H]1CNC(=O)CC/C=C\[C@@H]2O[C@@]34C=CCN(C(C)(C)CC(C)(C)C)C(=O)[C@@H]3N(CCCCCO)C(=O)[C@H]4[C@@H]2C(=O)O1. The Morgan fingerprint density at radius 2 is 1.79 bits per heavy atom. The molecule has 0 aliphatic carbocycles. The Kier molecular flexibility index (Phi) is 9.57. The van der Waals surface area contributed by atoms with Crippen LogP contribution in [0.4, 0.5) is 0 Å². The molecule has 2 N–H and O–H groups in total. The van der Waals surface area contributed by atoms with Crippen LogP contribution in [0.1, 0.15) is 80.1 Å². The smallest absolute Gasteiger partial charge is 0.313 e. The Morgan fingerprint density at radius 3 is 2.48 bits per heavy atom. The number of carbonyl (C=O) groups excluding carboxylic acids is 4. The molecule has 42 heavy (non-hydrogen) atoms. The highest BCUT2D eigenvalue weighted by atomic mass is 16.6. The number of ether oxygens (including phenoxy) is 2. The van der Waals surface area contributed by atoms with Crippen molar-refractivity contribution in [3.8, 4) is 0 Å². The molecule has 234 valence electrons. The largest absolute Gasteiger partial charge is 0.460 e. The molecule has 1 spiro atoms. The molecule has 2 fully saturated rings. The molecule has 2 saturated heterocycles. The summed E-state index contributed by atoms with van der Waals surface area (Å²) in [5, 5.41) is 12.1. The summed E-state index contributed by atoms with van der Waals surface area (Å²) in [6.07, 6.45) is 9.34. The molecule has 0 aromatic rings. The number of aliphatic hydroxyl groups is 1. The molecule has 0 saturated carbocycles. The maximum atomic E-state index is 14.6. The van der Waals surface area contributed by atoms with E-state index < -0.39 is 47.2 Å². The Hall–Kier alpha value is -2.72. The summed E-state index contributed by atoms with van der Waals surface area (Å²) in [6, 6.07) is -0.938. The number of allylic oxidation sites excluding steroid dienone is 1. The van der Waals surface area contributed by atoms with Crippen LogP contribution in [0.2, 0.25) is 0 Å². The fourth-order valence-electron chi connectivity index (χ4n) is 7.41. The molecule has 0 unspecified atom stereocenters. The highest BCUT2D eigenvalue weighted by Crippen LogP contribution is 2.53. The number of rotatable bonds is 7. The summed E-state index contributed by atoms with van der Waals surface area (Å²) >= 11 is 0. The number of hydrogen-bond acceptors (Lipinski definition) is 7. The lowest BCUT2D eigenvalue weighted by molar-refractivity contribution is -0.159. The number of hydrogen-bond donors (Lipinski definition) is 2. The molecule has 0 radical (unpaired) electrons. The standard InChI is InChI=1S/C32H49N3O7/c1-21-19-33-23(37)14-9-8-13-22-24(29(40)41-21)25-27(38)34(16-10-7-11-18-36)26-28(39)35(17-12-15-32(25,26)42-22)31(5,6)20-30(2,3)4/h8,12-13,15,21-22,24-26,36H,7,9-11,14,16-20H2,1-6H3,(H,33,37)/b13-8-/t21-,22-,24+,25+,26-,32+/m0/s1. The van der Waals surface area contributed by atoms with Crippen molar-refractivity contribution in [3.05, 3.63) is 24.3 Å². The first-order valence-corrected chi connectivity index (χ1v) is 15.4. The van der Waals surface area contributed by atoms with Crippen LogP contribution in [-0.4, -0.2) is 94.2 Å². The van der Waals surface area contributed by atoms with Crippen molar-refractivity contribution in [2.24, 2.45) is 17.3 Å². The second-order valence-electron chi connectivity index (χ2n) is 14.1. The van der Waals surface area contributed by atoms with E-state index in [4.69, 9.17) is 9.47 Å². The van der Waals surface area contributed by atoms with Crippen LogP contribution in [0.5, 0.6) is 0 Å². The molecule has 10 nitrogen and oxygen atoms in total. The maximum absolute atomic E-state index is 14.6. The highest BCUT2D eigenvalue weighted by molar-refractivity contribution is 5.99. The van der Waals surface area contributed by atoms with Crippen LogP contribution in [0, 0.1) is 17.3 Å². The first kappa shape index (κ1) is 32.2. The van der Waals surface area contributed by atoms with E-state index in [2.05, 4.69) is 39.9 Å². The van der Waals surface area contributed by atoms with Gasteiger partial charge in [0.05, 0.1) is 18.6 Å². The number of aliphatic hydroxyl groups excluding tert-OH is 1. The van der Waals surface area contributed by atoms with Gasteiger partial charge in [-0.05, 0) is 58.3 Å². The predicted molar refractivity (Wildman–Crippen MR) is 157 cm³/mol. The lowest BCUT2D eigenvalue weighted by Crippen LogP contribution is -2.59. The van der Waals surface area contributed by atoms with Crippen molar-refractivity contribution in [1.29, 1.82) is 0 Å². The minimum Gasteiger partial charge on any atom is -0.460 e. The van der Waals surface area contributed by atoms with Crippen LogP contribution < -0.4 is 5.32 Å². The van der Waals surface area contributed by atoms with Gasteiger partial charge >= 0.3 is 5.97 Å². The maximum Gasteiger partial charge on any atom is 0.313 e. The molecule has 4 aliphatic rings. The molecule has 0 aromatic heterocycles. The second kappa shape index (κ2) is 12.5. The third kappa shape index (κ3) is 6.44. The lowest BCUT2D eigenvalue weighted by Gasteiger charge is -2.44. The summed E-state index contributed by atoms with van der Waals surface area (Å²) < 4.78 is 12.5. The Morgan fingerprint density at radius 1 is 1.05 bits per heavy atom. The lowest BCUT2D eigenvalue weighted by atomic mass is 9.77. The number of carbonyl (C=O) groups is 4. The zero-order valence-corrected chi connectivity index (χ0v) is 26.1. The zero-order valence-electron chi connectivity index (χ0n) is 26.1. The van der Waals surface area contributed by atoms with Crippen molar-refractivity contribution in [3.63, 3.8) is 0 Å². The van der Waals surface area contributed by atoms with E-state index in [1.807, 2.05) is 17.1 Å². The monoisotopic (exact) mass is 587 g/mol. The van der Waals surface area contributed by atoms with Gasteiger partial charge in [0.25, 0.3) is 0 Å². The van der Waals surface area contributed by atoms with Crippen LogP contribution >= 0.6 is 0 Å². The van der Waals surface area contributed by atoms with Crippen LogP contribution in [-0.2, 0) is 28.7 Å². The van der Waals surface area contributed by atoms with Gasteiger partial charge in [0, 0.05) is 31.7 Å². The van der Waals surface area contributed by atoms with Crippen molar-refractivity contribution < 1.29 is 33.8 Å². The molecule has 10 heteroatoms. The Labute approximate surface area is 249 Å². The first-order valence-electron chi connectivity index (χ1n) is 15.4. The third-order valence-electron chi connectivity index (χ3n) is 8.78. The molecule has 6 atom stereocenters. The molecular formula is C32H49N3O7. The zero-order chi connectivity index (χ0) is 30.9. The molecule has 0 aromatic carbocycles. The minimum absolute atomic E-state index is 0.0409. The summed E-state index contributed by atoms with van der Waals surface area (Å²) in [5.74, 6) is -3.06. The van der Waals surface area contributed by atoms with Crippen molar-refractivity contribution >= 4 is 23.7 Å². The van der Waals surface area contributed by atoms with Gasteiger partial charge in [-0.3, -0.25) is 19.2 Å². The summed E-state index contributed by atoms with van der Waals surface area (Å²) in [4.78, 5) is 58.4. The van der Waals surface area contributed by atoms with Crippen LogP contribution in [0.3, 0.4) is 0 Å². The van der Waals surface area contributed by atoms with Gasteiger partial charge in [0.15, 0.2) is 0 Å². The van der Waals surface area contributed by atoms with Crippen LogP contribution in [0.15, 0.2) is 24.3 Å². The van der Waals surface area contributed by atoms with E-state index in [9.17, 15) is 24.3 Å². The Balaban J connectivity index is 1.77. The van der Waals surface area contributed by atoms with Gasteiger partial charge in [-0.25, -0.2) is 0 Å². The number of nitrogens with zero attached hydrogens (tertiary/aromatic N) is 2. The average Bonchev–Trinajstić information content (AvgIpc) is 3.26. The predicted octanol–water partition coefficient (Wildman–Crippen LogP) is 2.74. The highest BCUT2D eigenvalue weighted by Gasteiger charge is 2.72. The van der Waals surface area contributed by atoms with Gasteiger partial charge < -0.3 is 29.7 Å². The molecule has 4 rings (SSSR count). The van der Waals surface area contributed by atoms with Crippen molar-refractivity contribution in [1.82, 2.24) is 15.1 Å². The molecule has 4 aliphatic heterocycles. The normalized spacial score (nSPS) is 33.2. The first-order chi connectivity index (χ1) is 19.7. The number of cyclic esters (lactones) is 1. The van der Waals surface area contributed by atoms with E-state index in [-0.39, 0.29) is 42.7 Å². The fraction of sp³-hybridized carbons (Fsp3) is 0.750. The average molecular weight is 588 g/mol. The second-order valence-corrected chi connectivity index (χ2v) is 14.1. The third-order valence-corrected chi connectivity index (χ3v) is 8.78. The van der Waals surface area contributed by atoms with Gasteiger partial charge in [0.2, 0.25) is 17.7 Å². The number of unbranched alkanes of at least 4 members (excludes halogenated alkanes) is 2. The van der Waals surface area contributed by atoms with E-state index in [1.165, 1.54) is 0 Å². The van der Waals surface area contributed by atoms with E-state index in [0.29, 0.717) is 38.8 Å². The molecule has 0 bridgehead atoms. The van der Waals surface area contributed by atoms with E-state index in [0.717, 1.165) is 6.42 Å². The van der Waals surface area contributed by atoms with Gasteiger partial charge in [-0.15, -0.1) is 0 Å². The molecular weight excluding hydrogens is 538 g/mol. The molecule has 4 heterocycles. The van der Waals surface area contributed by atoms with E-state index >= 15 is 0 Å². The van der Waals surface area contributed by atoms with E-state index in [1.54, 1.807) is 24.0 Å². The minimum atomic E-state index is -1.34. The van der Waals surface area contributed by atoms with Crippen molar-refractivity contribution in [2.75, 3.05) is 26.2 Å². The topological polar surface area (TPSA) is 125 Å². The fourth-order valence-corrected chi connectivity index (χ4v) is 7.41.